The van der Waals surface area contributed by atoms with E-state index in [9.17, 15) is 13.2 Å². The molecule has 0 spiro atoms. The van der Waals surface area contributed by atoms with E-state index in [-0.39, 0.29) is 35.3 Å². The molecule has 28 heavy (non-hydrogen) atoms. The average Bonchev–Trinajstić information content (AvgIpc) is 3.02. The van der Waals surface area contributed by atoms with E-state index >= 15 is 0 Å². The second-order valence-electron chi connectivity index (χ2n) is 6.07. The zero-order valence-electron chi connectivity index (χ0n) is 14.8. The molecule has 3 aromatic rings. The second-order valence-corrected chi connectivity index (χ2v) is 6.07. The van der Waals surface area contributed by atoms with Crippen LogP contribution in [0.3, 0.4) is 0 Å². The summed E-state index contributed by atoms with van der Waals surface area (Å²) in [7, 11) is 1.49. The number of aliphatic hydroxyl groups is 1. The van der Waals surface area contributed by atoms with E-state index in [1.807, 2.05) is 0 Å². The van der Waals surface area contributed by atoms with Gasteiger partial charge in [-0.2, -0.15) is 0 Å². The molecule has 0 bridgehead atoms. The Morgan fingerprint density at radius 3 is 2.43 bits per heavy atom. The lowest BCUT2D eigenvalue weighted by atomic mass is 10.0. The fraction of sp³-hybridized carbons (Fsp3) is 0.158. The van der Waals surface area contributed by atoms with Crippen LogP contribution >= 0.6 is 0 Å². The van der Waals surface area contributed by atoms with E-state index in [0.717, 1.165) is 6.07 Å². The predicted molar refractivity (Wildman–Crippen MR) is 99.0 cm³/mol. The van der Waals surface area contributed by atoms with E-state index in [1.54, 1.807) is 0 Å². The summed E-state index contributed by atoms with van der Waals surface area (Å²) in [5, 5.41) is 25.1. The van der Waals surface area contributed by atoms with Gasteiger partial charge < -0.3 is 19.7 Å². The van der Waals surface area contributed by atoms with Gasteiger partial charge in [0.05, 0.1) is 23.4 Å². The summed E-state index contributed by atoms with van der Waals surface area (Å²) in [4.78, 5) is 4.06. The molecule has 3 rings (SSSR count). The molecule has 0 aliphatic carbocycles. The van der Waals surface area contributed by atoms with Crippen molar-refractivity contribution in [2.75, 3.05) is 20.2 Å². The third kappa shape index (κ3) is 3.70. The lowest BCUT2D eigenvalue weighted by Crippen LogP contribution is -2.32. The number of H-pyrrole nitrogens is 1. The minimum Gasteiger partial charge on any atom is -0.407 e. The van der Waals surface area contributed by atoms with Gasteiger partial charge in [-0.05, 0) is 35.9 Å². The summed E-state index contributed by atoms with van der Waals surface area (Å²) in [6.45, 7) is -0.117. The molecular formula is C19H17F3N4O2. The predicted octanol–water partition coefficient (Wildman–Crippen LogP) is 3.45. The number of nitrogens with zero attached hydrogens (tertiary/aromatic N) is 1. The quantitative estimate of drug-likeness (QED) is 0.406. The number of aromatic nitrogens is 1. The first kappa shape index (κ1) is 19.4. The molecule has 0 fully saturated rings. The second kappa shape index (κ2) is 7.73. The Balaban J connectivity index is 2.13. The maximum atomic E-state index is 14.3. The highest BCUT2D eigenvalue weighted by Crippen LogP contribution is 2.33. The van der Waals surface area contributed by atoms with Gasteiger partial charge in [0.1, 0.15) is 17.5 Å². The molecule has 9 heteroatoms. The molecule has 0 radical (unpaired) electrons. The number of halogens is 3. The third-order valence-electron chi connectivity index (χ3n) is 4.17. The standard InChI is InChI=1S/C19H17F3N4O2/c1-26(6-7-27)19(24)28-18(23)15-13-8-12(21)9-14(22)17(13)25-16(15)10-2-4-11(20)5-3-10/h2-5,8-9,23-25,27H,6-7H2,1H3. The minimum atomic E-state index is -0.857. The highest BCUT2D eigenvalue weighted by molar-refractivity contribution is 6.13. The number of amidine groups is 1. The summed E-state index contributed by atoms with van der Waals surface area (Å²) in [6, 6.07) is 6.58. The zero-order valence-corrected chi connectivity index (χ0v) is 14.8. The Kier molecular flexibility index (Phi) is 5.36. The Labute approximate surface area is 158 Å². The van der Waals surface area contributed by atoms with E-state index in [2.05, 4.69) is 4.98 Å². The van der Waals surface area contributed by atoms with Gasteiger partial charge in [-0.25, -0.2) is 13.2 Å². The van der Waals surface area contributed by atoms with Gasteiger partial charge in [0.2, 0.25) is 5.90 Å². The molecular weight excluding hydrogens is 373 g/mol. The van der Waals surface area contributed by atoms with Gasteiger partial charge in [0.15, 0.2) is 0 Å². The number of rotatable bonds is 4. The molecule has 0 saturated heterocycles. The van der Waals surface area contributed by atoms with Crippen LogP contribution in [0.25, 0.3) is 22.2 Å². The van der Waals surface area contributed by atoms with Crippen LogP contribution in [0.1, 0.15) is 5.56 Å². The number of likely N-dealkylation sites (N-methyl/N-ethyl adjacent to an activating group) is 1. The number of aliphatic hydroxyl groups excluding tert-OH is 1. The largest absolute Gasteiger partial charge is 0.407 e. The van der Waals surface area contributed by atoms with E-state index in [4.69, 9.17) is 20.7 Å². The van der Waals surface area contributed by atoms with Crippen molar-refractivity contribution in [3.8, 4) is 11.3 Å². The number of aromatic amines is 1. The summed E-state index contributed by atoms with van der Waals surface area (Å²) in [5.41, 5.74) is 0.639. The molecule has 0 saturated carbocycles. The van der Waals surface area contributed by atoms with Crippen LogP contribution in [-0.2, 0) is 4.74 Å². The maximum Gasteiger partial charge on any atom is 0.291 e. The zero-order chi connectivity index (χ0) is 20.4. The lowest BCUT2D eigenvalue weighted by Gasteiger charge is -2.18. The number of hydrogen-bond donors (Lipinski definition) is 4. The monoisotopic (exact) mass is 390 g/mol. The summed E-state index contributed by atoms with van der Waals surface area (Å²) < 4.78 is 46.6. The van der Waals surface area contributed by atoms with Gasteiger partial charge in [-0.15, -0.1) is 0 Å². The number of hydrogen-bond acceptors (Lipinski definition) is 4. The van der Waals surface area contributed by atoms with Gasteiger partial charge in [0, 0.05) is 25.0 Å². The molecule has 0 atom stereocenters. The molecule has 1 heterocycles. The van der Waals surface area contributed by atoms with Crippen LogP contribution < -0.4 is 0 Å². The van der Waals surface area contributed by atoms with E-state index in [1.165, 1.54) is 36.2 Å². The first-order chi connectivity index (χ1) is 13.3. The molecule has 6 nitrogen and oxygen atoms in total. The first-order valence-corrected chi connectivity index (χ1v) is 8.25. The molecule has 0 unspecified atom stereocenters. The van der Waals surface area contributed by atoms with Crippen molar-refractivity contribution in [3.63, 3.8) is 0 Å². The summed E-state index contributed by atoms with van der Waals surface area (Å²) >= 11 is 0. The molecule has 4 N–H and O–H groups in total. The highest BCUT2D eigenvalue weighted by atomic mass is 19.1. The van der Waals surface area contributed by atoms with Gasteiger partial charge in [-0.1, -0.05) is 0 Å². The average molecular weight is 390 g/mol. The molecule has 0 aliphatic heterocycles. The number of nitrogens with one attached hydrogen (secondary N) is 3. The molecule has 0 amide bonds. The van der Waals surface area contributed by atoms with E-state index in [0.29, 0.717) is 11.6 Å². The first-order valence-electron chi connectivity index (χ1n) is 8.25. The van der Waals surface area contributed by atoms with Crippen molar-refractivity contribution >= 4 is 22.8 Å². The Morgan fingerprint density at radius 1 is 1.11 bits per heavy atom. The van der Waals surface area contributed by atoms with Crippen LogP contribution in [0.2, 0.25) is 0 Å². The van der Waals surface area contributed by atoms with E-state index < -0.39 is 29.4 Å². The van der Waals surface area contributed by atoms with Gasteiger partial charge in [0.25, 0.3) is 6.02 Å². The van der Waals surface area contributed by atoms with Crippen molar-refractivity contribution in [2.45, 2.75) is 0 Å². The highest BCUT2D eigenvalue weighted by Gasteiger charge is 2.23. The Morgan fingerprint density at radius 2 is 1.79 bits per heavy atom. The maximum absolute atomic E-state index is 14.3. The van der Waals surface area contributed by atoms with Crippen molar-refractivity contribution < 1.29 is 23.0 Å². The molecule has 2 aromatic carbocycles. The fourth-order valence-electron chi connectivity index (χ4n) is 2.77. The van der Waals surface area contributed by atoms with Crippen LogP contribution in [0.15, 0.2) is 36.4 Å². The van der Waals surface area contributed by atoms with Crippen molar-refractivity contribution in [2.24, 2.45) is 0 Å². The Bertz CT molecular complexity index is 1050. The SMILES string of the molecule is CN(CCO)C(=N)OC(=N)c1c(-c2ccc(F)cc2)[nH]c2c(F)cc(F)cc12. The smallest absolute Gasteiger partial charge is 0.291 e. The van der Waals surface area contributed by atoms with Crippen LogP contribution in [0, 0.1) is 28.3 Å². The molecule has 0 aliphatic rings. The molecule has 146 valence electrons. The van der Waals surface area contributed by atoms with Crippen molar-refractivity contribution in [1.82, 2.24) is 9.88 Å². The lowest BCUT2D eigenvalue weighted by molar-refractivity contribution is 0.248. The van der Waals surface area contributed by atoms with Crippen molar-refractivity contribution in [3.05, 3.63) is 59.4 Å². The summed E-state index contributed by atoms with van der Waals surface area (Å²) in [5.74, 6) is -2.69. The van der Waals surface area contributed by atoms with Gasteiger partial charge >= 0.3 is 0 Å². The number of benzene rings is 2. The number of fused-ring (bicyclic) bond motifs is 1. The third-order valence-corrected chi connectivity index (χ3v) is 4.17. The number of ether oxygens (including phenoxy) is 1. The van der Waals surface area contributed by atoms with Crippen LogP contribution in [0.5, 0.6) is 0 Å². The molecule has 1 aromatic heterocycles. The normalized spacial score (nSPS) is 10.9. The minimum absolute atomic E-state index is 0.0298. The Hall–Kier alpha value is -3.33. The van der Waals surface area contributed by atoms with Crippen molar-refractivity contribution in [1.29, 1.82) is 10.8 Å². The fourth-order valence-corrected chi connectivity index (χ4v) is 2.77. The van der Waals surface area contributed by atoms with Gasteiger partial charge in [-0.3, -0.25) is 10.8 Å². The van der Waals surface area contributed by atoms with Crippen LogP contribution in [0.4, 0.5) is 13.2 Å². The summed E-state index contributed by atoms with van der Waals surface area (Å²) in [6.07, 6.45) is 0. The topological polar surface area (TPSA) is 96.2 Å². The van der Waals surface area contributed by atoms with Crippen LogP contribution in [-0.4, -0.2) is 47.1 Å².